The second kappa shape index (κ2) is 5.26. The van der Waals surface area contributed by atoms with Crippen molar-refractivity contribution in [2.45, 2.75) is 27.2 Å². The predicted molar refractivity (Wildman–Crippen MR) is 85.5 cm³/mol. The zero-order valence-electron chi connectivity index (χ0n) is 12.9. The molecule has 22 heavy (non-hydrogen) atoms. The molecular weight excluding hydrogens is 278 g/mol. The van der Waals surface area contributed by atoms with E-state index in [-0.39, 0.29) is 11.5 Å². The van der Waals surface area contributed by atoms with Crippen LogP contribution in [0.2, 0.25) is 0 Å². The maximum atomic E-state index is 10.2. The maximum Gasteiger partial charge on any atom is 0.128 e. The van der Waals surface area contributed by atoms with Crippen molar-refractivity contribution in [1.82, 2.24) is 14.8 Å². The number of hydrogen-bond acceptors (Lipinski definition) is 3. The number of aromatic amines is 1. The summed E-state index contributed by atoms with van der Waals surface area (Å²) in [6.07, 6.45) is 2.43. The molecule has 3 N–H and O–H groups in total. The third kappa shape index (κ3) is 2.15. The molecule has 114 valence electrons. The number of H-pyrrole nitrogens is 1. The largest absolute Gasteiger partial charge is 0.508 e. The molecule has 0 saturated heterocycles. The summed E-state index contributed by atoms with van der Waals surface area (Å²) in [5.41, 5.74) is 5.21. The molecule has 5 heteroatoms. The Bertz CT molecular complexity index is 811. The first-order valence-electron chi connectivity index (χ1n) is 7.26. The molecule has 5 nitrogen and oxygen atoms in total. The number of rotatable bonds is 3. The van der Waals surface area contributed by atoms with Gasteiger partial charge in [0, 0.05) is 23.0 Å². The van der Waals surface area contributed by atoms with Crippen molar-refractivity contribution < 1.29 is 10.2 Å². The standard InChI is InChI=1S/C17H19N3O2/c1-4-12-7-13(16(22)8-15(12)21)17-14(9-18-19-17)20-10(2)5-6-11(20)3/h5-9,21-22H,4H2,1-3H3,(H,18,19). The Kier molecular flexibility index (Phi) is 3.41. The van der Waals surface area contributed by atoms with Gasteiger partial charge in [0.2, 0.25) is 0 Å². The van der Waals surface area contributed by atoms with Gasteiger partial charge < -0.3 is 14.8 Å². The van der Waals surface area contributed by atoms with E-state index in [1.165, 1.54) is 6.07 Å². The van der Waals surface area contributed by atoms with Crippen LogP contribution in [0.4, 0.5) is 0 Å². The van der Waals surface area contributed by atoms with E-state index in [4.69, 9.17) is 0 Å². The minimum atomic E-state index is 0.0302. The molecule has 0 spiro atoms. The average Bonchev–Trinajstić information content (AvgIpc) is 3.06. The first kappa shape index (κ1) is 14.3. The van der Waals surface area contributed by atoms with Gasteiger partial charge in [-0.15, -0.1) is 0 Å². The Morgan fingerprint density at radius 3 is 2.41 bits per heavy atom. The summed E-state index contributed by atoms with van der Waals surface area (Å²) in [7, 11) is 0. The molecule has 0 aliphatic rings. The van der Waals surface area contributed by atoms with Crippen LogP contribution in [0.5, 0.6) is 11.5 Å². The highest BCUT2D eigenvalue weighted by Crippen LogP contribution is 2.37. The fourth-order valence-corrected chi connectivity index (χ4v) is 2.80. The molecular formula is C17H19N3O2. The van der Waals surface area contributed by atoms with Crippen LogP contribution in [0.1, 0.15) is 23.9 Å². The van der Waals surface area contributed by atoms with E-state index in [0.717, 1.165) is 28.3 Å². The summed E-state index contributed by atoms with van der Waals surface area (Å²) in [6, 6.07) is 7.27. The fraction of sp³-hybridized carbons (Fsp3) is 0.235. The maximum absolute atomic E-state index is 10.2. The lowest BCUT2D eigenvalue weighted by atomic mass is 10.0. The Labute approximate surface area is 128 Å². The number of nitrogens with one attached hydrogen (secondary N) is 1. The Morgan fingerprint density at radius 1 is 1.09 bits per heavy atom. The first-order valence-corrected chi connectivity index (χ1v) is 7.26. The zero-order chi connectivity index (χ0) is 15.9. The topological polar surface area (TPSA) is 74.1 Å². The van der Waals surface area contributed by atoms with Crippen LogP contribution in [-0.4, -0.2) is 25.0 Å². The molecule has 0 aliphatic carbocycles. The number of aromatic hydroxyl groups is 2. The van der Waals surface area contributed by atoms with E-state index in [9.17, 15) is 10.2 Å². The summed E-state index contributed by atoms with van der Waals surface area (Å²) in [5, 5.41) is 27.2. The van der Waals surface area contributed by atoms with Crippen molar-refractivity contribution in [3.63, 3.8) is 0 Å². The zero-order valence-corrected chi connectivity index (χ0v) is 12.9. The molecule has 0 saturated carbocycles. The summed E-state index contributed by atoms with van der Waals surface area (Å²) >= 11 is 0. The van der Waals surface area contributed by atoms with Crippen LogP contribution in [0.25, 0.3) is 16.9 Å². The number of phenols is 2. The SMILES string of the molecule is CCc1cc(-c2[nH]ncc2-n2c(C)ccc2C)c(O)cc1O. The van der Waals surface area contributed by atoms with Crippen molar-refractivity contribution in [3.05, 3.63) is 47.4 Å². The van der Waals surface area contributed by atoms with Crippen molar-refractivity contribution in [2.24, 2.45) is 0 Å². The lowest BCUT2D eigenvalue weighted by Crippen LogP contribution is -1.99. The number of hydrogen-bond donors (Lipinski definition) is 3. The van der Waals surface area contributed by atoms with E-state index in [2.05, 4.69) is 14.8 Å². The van der Waals surface area contributed by atoms with E-state index in [1.807, 2.05) is 32.9 Å². The molecule has 3 aromatic rings. The molecule has 1 aromatic carbocycles. The molecule has 2 heterocycles. The number of aryl methyl sites for hydroxylation is 3. The quantitative estimate of drug-likeness (QED) is 0.693. The van der Waals surface area contributed by atoms with E-state index >= 15 is 0 Å². The van der Waals surface area contributed by atoms with Crippen LogP contribution in [0.3, 0.4) is 0 Å². The molecule has 0 amide bonds. The second-order valence-electron chi connectivity index (χ2n) is 5.43. The smallest absolute Gasteiger partial charge is 0.128 e. The summed E-state index contributed by atoms with van der Waals surface area (Å²) < 4.78 is 2.08. The lowest BCUT2D eigenvalue weighted by Gasteiger charge is -2.12. The fourth-order valence-electron chi connectivity index (χ4n) is 2.80. The van der Waals surface area contributed by atoms with E-state index in [0.29, 0.717) is 12.0 Å². The minimum absolute atomic E-state index is 0.0302. The Balaban J connectivity index is 2.22. The normalized spacial score (nSPS) is 11.0. The molecule has 0 bridgehead atoms. The van der Waals surface area contributed by atoms with Crippen LogP contribution < -0.4 is 0 Å². The summed E-state index contributed by atoms with van der Waals surface area (Å²) in [4.78, 5) is 0. The molecule has 3 rings (SSSR count). The van der Waals surface area contributed by atoms with Gasteiger partial charge in [0.15, 0.2) is 0 Å². The molecule has 0 radical (unpaired) electrons. The molecule has 0 aliphatic heterocycles. The number of benzene rings is 1. The monoisotopic (exact) mass is 297 g/mol. The first-order chi connectivity index (χ1) is 10.5. The van der Waals surface area contributed by atoms with E-state index < -0.39 is 0 Å². The highest BCUT2D eigenvalue weighted by molar-refractivity contribution is 5.76. The van der Waals surface area contributed by atoms with Gasteiger partial charge in [0.05, 0.1) is 17.6 Å². The predicted octanol–water partition coefficient (Wildman–Crippen LogP) is 3.46. The Hall–Kier alpha value is -2.69. The highest BCUT2D eigenvalue weighted by atomic mass is 16.3. The van der Waals surface area contributed by atoms with Crippen LogP contribution in [0.15, 0.2) is 30.5 Å². The van der Waals surface area contributed by atoms with Gasteiger partial charge in [-0.1, -0.05) is 6.92 Å². The van der Waals surface area contributed by atoms with Crippen molar-refractivity contribution in [3.8, 4) is 28.4 Å². The van der Waals surface area contributed by atoms with Crippen molar-refractivity contribution >= 4 is 0 Å². The number of phenolic OH excluding ortho intramolecular Hbond substituents is 2. The van der Waals surface area contributed by atoms with Crippen molar-refractivity contribution in [2.75, 3.05) is 0 Å². The highest BCUT2D eigenvalue weighted by Gasteiger charge is 2.17. The minimum Gasteiger partial charge on any atom is -0.508 e. The lowest BCUT2D eigenvalue weighted by molar-refractivity contribution is 0.447. The summed E-state index contributed by atoms with van der Waals surface area (Å²) in [5.74, 6) is 0.140. The number of nitrogens with zero attached hydrogens (tertiary/aromatic N) is 2. The molecule has 0 unspecified atom stereocenters. The third-order valence-electron chi connectivity index (χ3n) is 3.98. The van der Waals surface area contributed by atoms with Gasteiger partial charge in [-0.2, -0.15) is 5.10 Å². The van der Waals surface area contributed by atoms with Gasteiger partial charge in [-0.25, -0.2) is 0 Å². The molecule has 2 aromatic heterocycles. The number of aromatic nitrogens is 3. The van der Waals surface area contributed by atoms with Gasteiger partial charge >= 0.3 is 0 Å². The van der Waals surface area contributed by atoms with Crippen LogP contribution in [0, 0.1) is 13.8 Å². The van der Waals surface area contributed by atoms with Crippen molar-refractivity contribution in [1.29, 1.82) is 0 Å². The molecule has 0 atom stereocenters. The Morgan fingerprint density at radius 2 is 1.77 bits per heavy atom. The van der Waals surface area contributed by atoms with E-state index in [1.54, 1.807) is 12.3 Å². The van der Waals surface area contributed by atoms with Gasteiger partial charge in [0.1, 0.15) is 11.5 Å². The van der Waals surface area contributed by atoms with Crippen LogP contribution >= 0.6 is 0 Å². The average molecular weight is 297 g/mol. The van der Waals surface area contributed by atoms with Gasteiger partial charge in [0.25, 0.3) is 0 Å². The van der Waals surface area contributed by atoms with Gasteiger partial charge in [-0.3, -0.25) is 5.10 Å². The second-order valence-corrected chi connectivity index (χ2v) is 5.43. The van der Waals surface area contributed by atoms with Crippen LogP contribution in [-0.2, 0) is 6.42 Å². The molecule has 0 fully saturated rings. The third-order valence-corrected chi connectivity index (χ3v) is 3.98. The van der Waals surface area contributed by atoms with Gasteiger partial charge in [-0.05, 0) is 44.0 Å². The summed E-state index contributed by atoms with van der Waals surface area (Å²) in [6.45, 7) is 6.01.